The number of carbonyl (C=O) groups excluding carboxylic acids is 1. The van der Waals surface area contributed by atoms with E-state index in [1.807, 2.05) is 0 Å². The van der Waals surface area contributed by atoms with Crippen LogP contribution in [-0.4, -0.2) is 48.4 Å². The van der Waals surface area contributed by atoms with Gasteiger partial charge < -0.3 is 19.9 Å². The first kappa shape index (κ1) is 16.9. The molecule has 6 nitrogen and oxygen atoms in total. The fourth-order valence-corrected chi connectivity index (χ4v) is 2.10. The Labute approximate surface area is 119 Å². The number of rotatable bonds is 8. The van der Waals surface area contributed by atoms with Crippen LogP contribution in [-0.2, 0) is 19.1 Å². The first-order valence-electron chi connectivity index (χ1n) is 7.08. The van der Waals surface area contributed by atoms with Crippen molar-refractivity contribution in [3.8, 4) is 0 Å². The second-order valence-corrected chi connectivity index (χ2v) is 5.84. The molecule has 1 saturated heterocycles. The number of aliphatic carboxylic acids is 1. The maximum atomic E-state index is 12.1. The number of carbonyl (C=O) groups is 2. The lowest BCUT2D eigenvalue weighted by molar-refractivity contribution is -0.140. The van der Waals surface area contributed by atoms with Gasteiger partial charge in [0.05, 0.1) is 18.6 Å². The molecule has 2 N–H and O–H groups in total. The van der Waals surface area contributed by atoms with Gasteiger partial charge in [0, 0.05) is 13.2 Å². The topological polar surface area (TPSA) is 84.9 Å². The summed E-state index contributed by atoms with van der Waals surface area (Å²) in [5.74, 6) is -0.698. The molecule has 0 spiro atoms. The van der Waals surface area contributed by atoms with Crippen molar-refractivity contribution in [3.05, 3.63) is 0 Å². The minimum absolute atomic E-state index is 0.128. The monoisotopic (exact) mass is 287 g/mol. The third-order valence-corrected chi connectivity index (χ3v) is 3.41. The molecule has 6 heteroatoms. The maximum absolute atomic E-state index is 12.1. The molecule has 2 atom stereocenters. The first-order chi connectivity index (χ1) is 9.34. The van der Waals surface area contributed by atoms with Crippen molar-refractivity contribution < 1.29 is 24.2 Å². The molecule has 0 radical (unpaired) electrons. The highest BCUT2D eigenvalue weighted by Gasteiger charge is 2.39. The molecule has 1 fully saturated rings. The van der Waals surface area contributed by atoms with Gasteiger partial charge in [-0.15, -0.1) is 0 Å². The predicted molar refractivity (Wildman–Crippen MR) is 73.4 cm³/mol. The van der Waals surface area contributed by atoms with Crippen molar-refractivity contribution in [1.82, 2.24) is 5.32 Å². The number of ether oxygens (including phenoxy) is 2. The second-order valence-electron chi connectivity index (χ2n) is 5.84. The summed E-state index contributed by atoms with van der Waals surface area (Å²) in [6.45, 7) is 7.09. The van der Waals surface area contributed by atoms with Crippen LogP contribution in [0.1, 0.15) is 40.0 Å². The van der Waals surface area contributed by atoms with Crippen LogP contribution >= 0.6 is 0 Å². The number of nitrogens with one attached hydrogen (secondary N) is 1. The summed E-state index contributed by atoms with van der Waals surface area (Å²) in [6, 6.07) is 0. The maximum Gasteiger partial charge on any atom is 0.305 e. The fraction of sp³-hybridized carbons (Fsp3) is 0.857. The molecular weight excluding hydrogens is 262 g/mol. The zero-order chi connectivity index (χ0) is 15.2. The van der Waals surface area contributed by atoms with Crippen LogP contribution in [0.3, 0.4) is 0 Å². The van der Waals surface area contributed by atoms with Crippen LogP contribution in [0.25, 0.3) is 0 Å². The number of amides is 1. The van der Waals surface area contributed by atoms with E-state index in [1.54, 1.807) is 6.92 Å². The van der Waals surface area contributed by atoms with Gasteiger partial charge in [0.1, 0.15) is 6.10 Å². The molecule has 1 rings (SSSR count). The van der Waals surface area contributed by atoms with E-state index in [9.17, 15) is 9.59 Å². The predicted octanol–water partition coefficient (Wildman–Crippen LogP) is 1.19. The van der Waals surface area contributed by atoms with E-state index in [-0.39, 0.29) is 18.9 Å². The van der Waals surface area contributed by atoms with Crippen molar-refractivity contribution >= 4 is 11.9 Å². The van der Waals surface area contributed by atoms with Crippen LogP contribution in [0.4, 0.5) is 0 Å². The Bertz CT molecular complexity index is 336. The summed E-state index contributed by atoms with van der Waals surface area (Å²) in [6.07, 6.45) is 0.697. The lowest BCUT2D eigenvalue weighted by Gasteiger charge is -2.28. The molecule has 0 aromatic rings. The van der Waals surface area contributed by atoms with E-state index in [1.165, 1.54) is 0 Å². The van der Waals surface area contributed by atoms with E-state index in [0.29, 0.717) is 25.6 Å². The highest BCUT2D eigenvalue weighted by atomic mass is 16.5. The molecule has 20 heavy (non-hydrogen) atoms. The molecule has 1 heterocycles. The van der Waals surface area contributed by atoms with Crippen LogP contribution in [0, 0.1) is 5.92 Å². The van der Waals surface area contributed by atoms with E-state index >= 15 is 0 Å². The Morgan fingerprint density at radius 2 is 2.10 bits per heavy atom. The Morgan fingerprint density at radius 3 is 2.60 bits per heavy atom. The van der Waals surface area contributed by atoms with E-state index < -0.39 is 17.6 Å². The SMILES string of the molecule is CC(C)CCOC(C)C(=O)NC1(CC(=O)O)CCOC1. The molecule has 1 aliphatic heterocycles. The highest BCUT2D eigenvalue weighted by Crippen LogP contribution is 2.23. The average molecular weight is 287 g/mol. The third kappa shape index (κ3) is 5.46. The smallest absolute Gasteiger partial charge is 0.305 e. The van der Waals surface area contributed by atoms with Crippen molar-refractivity contribution in [2.24, 2.45) is 5.92 Å². The third-order valence-electron chi connectivity index (χ3n) is 3.41. The molecule has 1 aliphatic rings. The van der Waals surface area contributed by atoms with Gasteiger partial charge in [0.2, 0.25) is 5.91 Å². The summed E-state index contributed by atoms with van der Waals surface area (Å²) in [7, 11) is 0. The molecule has 0 bridgehead atoms. The van der Waals surface area contributed by atoms with Gasteiger partial charge in [-0.25, -0.2) is 0 Å². The quantitative estimate of drug-likeness (QED) is 0.700. The van der Waals surface area contributed by atoms with Crippen molar-refractivity contribution in [1.29, 1.82) is 0 Å². The van der Waals surface area contributed by atoms with Gasteiger partial charge in [0.15, 0.2) is 0 Å². The molecule has 0 aromatic carbocycles. The summed E-state index contributed by atoms with van der Waals surface area (Å²) in [4.78, 5) is 23.0. The average Bonchev–Trinajstić information content (AvgIpc) is 2.75. The molecular formula is C14H25NO5. The summed E-state index contributed by atoms with van der Waals surface area (Å²) >= 11 is 0. The van der Waals surface area contributed by atoms with Gasteiger partial charge >= 0.3 is 5.97 Å². The number of carboxylic acids is 1. The highest BCUT2D eigenvalue weighted by molar-refractivity contribution is 5.82. The Hall–Kier alpha value is -1.14. The van der Waals surface area contributed by atoms with Crippen LogP contribution < -0.4 is 5.32 Å². The molecule has 2 unspecified atom stereocenters. The van der Waals surface area contributed by atoms with Crippen molar-refractivity contribution in [2.45, 2.75) is 51.7 Å². The standard InChI is InChI=1S/C14H25NO5/c1-10(2)4-6-20-11(3)13(18)15-14(8-12(16)17)5-7-19-9-14/h10-11H,4-9H2,1-3H3,(H,15,18)(H,16,17). The van der Waals surface area contributed by atoms with Gasteiger partial charge in [0.25, 0.3) is 0 Å². The number of hydrogen-bond acceptors (Lipinski definition) is 4. The minimum Gasteiger partial charge on any atom is -0.481 e. The fourth-order valence-electron chi connectivity index (χ4n) is 2.10. The van der Waals surface area contributed by atoms with Crippen LogP contribution in [0.2, 0.25) is 0 Å². The number of hydrogen-bond donors (Lipinski definition) is 2. The van der Waals surface area contributed by atoms with Gasteiger partial charge in [-0.3, -0.25) is 9.59 Å². The second kappa shape index (κ2) is 7.59. The first-order valence-corrected chi connectivity index (χ1v) is 7.08. The Balaban J connectivity index is 2.47. The zero-order valence-corrected chi connectivity index (χ0v) is 12.5. The summed E-state index contributed by atoms with van der Waals surface area (Å²) < 4.78 is 10.7. The van der Waals surface area contributed by atoms with Crippen LogP contribution in [0.5, 0.6) is 0 Å². The minimum atomic E-state index is -0.941. The Kier molecular flexibility index (Phi) is 6.42. The molecule has 1 amide bonds. The van der Waals surface area contributed by atoms with Gasteiger partial charge in [-0.2, -0.15) is 0 Å². The van der Waals surface area contributed by atoms with E-state index in [2.05, 4.69) is 19.2 Å². The lowest BCUT2D eigenvalue weighted by Crippen LogP contribution is -2.53. The van der Waals surface area contributed by atoms with Gasteiger partial charge in [-0.1, -0.05) is 13.8 Å². The number of carboxylic acid groups (broad SMARTS) is 1. The summed E-state index contributed by atoms with van der Waals surface area (Å²) in [5, 5.41) is 11.7. The normalized spacial score (nSPS) is 23.8. The molecule has 116 valence electrons. The Morgan fingerprint density at radius 1 is 1.40 bits per heavy atom. The molecule has 0 aromatic heterocycles. The van der Waals surface area contributed by atoms with E-state index in [4.69, 9.17) is 14.6 Å². The van der Waals surface area contributed by atoms with Gasteiger partial charge in [-0.05, 0) is 25.7 Å². The van der Waals surface area contributed by atoms with Crippen molar-refractivity contribution in [2.75, 3.05) is 19.8 Å². The van der Waals surface area contributed by atoms with E-state index in [0.717, 1.165) is 6.42 Å². The van der Waals surface area contributed by atoms with Crippen molar-refractivity contribution in [3.63, 3.8) is 0 Å². The molecule has 0 saturated carbocycles. The largest absolute Gasteiger partial charge is 0.481 e. The van der Waals surface area contributed by atoms with Crippen LogP contribution in [0.15, 0.2) is 0 Å². The zero-order valence-electron chi connectivity index (χ0n) is 12.5. The lowest BCUT2D eigenvalue weighted by atomic mass is 9.94. The molecule has 0 aliphatic carbocycles. The summed E-state index contributed by atoms with van der Waals surface area (Å²) in [5.41, 5.74) is -0.793.